The van der Waals surface area contributed by atoms with Crippen molar-refractivity contribution >= 4 is 35.0 Å². The number of methoxy groups -OCH3 is 1. The van der Waals surface area contributed by atoms with E-state index in [0.29, 0.717) is 11.5 Å². The highest BCUT2D eigenvalue weighted by Crippen LogP contribution is 2.25. The number of benzene rings is 3. The monoisotopic (exact) mass is 548 g/mol. The topological polar surface area (TPSA) is 70.2 Å². The summed E-state index contributed by atoms with van der Waals surface area (Å²) < 4.78 is 33.7. The number of carbonyl (C=O) groups excluding carboxylic acids is 1. The van der Waals surface area contributed by atoms with Gasteiger partial charge in [0.25, 0.3) is 0 Å². The minimum atomic E-state index is -0.515. The molecule has 2 N–H and O–H groups in total. The number of hydrogen-bond acceptors (Lipinski definition) is 5. The summed E-state index contributed by atoms with van der Waals surface area (Å²) >= 11 is 0. The van der Waals surface area contributed by atoms with E-state index in [0.717, 1.165) is 60.3 Å². The van der Waals surface area contributed by atoms with Crippen LogP contribution in [-0.2, 0) is 11.3 Å². The summed E-state index contributed by atoms with van der Waals surface area (Å²) in [5, 5.41) is 11.2. The van der Waals surface area contributed by atoms with E-state index in [2.05, 4.69) is 15.5 Å². The molecule has 0 spiro atoms. The Labute approximate surface area is 235 Å². The van der Waals surface area contributed by atoms with Crippen molar-refractivity contribution in [2.24, 2.45) is 5.92 Å². The lowest BCUT2D eigenvalue weighted by atomic mass is 10.1. The summed E-state index contributed by atoms with van der Waals surface area (Å²) in [6.45, 7) is 5.74. The van der Waals surface area contributed by atoms with Crippen LogP contribution in [0.15, 0.2) is 60.7 Å². The van der Waals surface area contributed by atoms with E-state index in [1.807, 2.05) is 74.3 Å². The van der Waals surface area contributed by atoms with E-state index in [9.17, 15) is 13.6 Å². The molecule has 0 radical (unpaired) electrons. The van der Waals surface area contributed by atoms with Crippen molar-refractivity contribution in [1.29, 1.82) is 0 Å². The van der Waals surface area contributed by atoms with Crippen molar-refractivity contribution in [3.8, 4) is 5.75 Å². The summed E-state index contributed by atoms with van der Waals surface area (Å²) in [5.74, 6) is 0.311. The molecule has 5 rings (SSSR count). The second kappa shape index (κ2) is 15.5. The van der Waals surface area contributed by atoms with Crippen molar-refractivity contribution in [2.75, 3.05) is 32.6 Å². The molecule has 1 aromatic heterocycles. The number of aromatic amines is 1. The van der Waals surface area contributed by atoms with Crippen LogP contribution in [0.1, 0.15) is 43.5 Å². The number of H-pyrrole nitrogens is 1. The van der Waals surface area contributed by atoms with E-state index in [1.165, 1.54) is 12.1 Å². The number of nitrogens with one attached hydrogen (secondary N) is 2. The molecule has 212 valence electrons. The Morgan fingerprint density at radius 2 is 1.68 bits per heavy atom. The highest BCUT2D eigenvalue weighted by molar-refractivity contribution is 5.89. The van der Waals surface area contributed by atoms with Gasteiger partial charge in [-0.15, -0.1) is 0 Å². The Kier molecular flexibility index (Phi) is 11.8. The van der Waals surface area contributed by atoms with Crippen LogP contribution in [-0.4, -0.2) is 48.6 Å². The maximum absolute atomic E-state index is 14.3. The molecular formula is C32H38F2N4O2. The van der Waals surface area contributed by atoms with Gasteiger partial charge in [0.15, 0.2) is 0 Å². The highest BCUT2D eigenvalue weighted by atomic mass is 19.1. The van der Waals surface area contributed by atoms with Gasteiger partial charge in [0.1, 0.15) is 23.7 Å². The van der Waals surface area contributed by atoms with Gasteiger partial charge in [0, 0.05) is 36.1 Å². The molecule has 1 saturated carbocycles. The van der Waals surface area contributed by atoms with Gasteiger partial charge in [-0.05, 0) is 80.0 Å². The lowest BCUT2D eigenvalue weighted by Crippen LogP contribution is -2.23. The zero-order valence-electron chi connectivity index (χ0n) is 23.6. The van der Waals surface area contributed by atoms with Gasteiger partial charge >= 0.3 is 0 Å². The summed E-state index contributed by atoms with van der Waals surface area (Å²) in [7, 11) is 3.55. The van der Waals surface area contributed by atoms with Gasteiger partial charge in [0.2, 0.25) is 0 Å². The lowest BCUT2D eigenvalue weighted by molar-refractivity contribution is -0.108. The van der Waals surface area contributed by atoms with Crippen molar-refractivity contribution < 1.29 is 18.3 Å². The van der Waals surface area contributed by atoms with Gasteiger partial charge in [0.05, 0.1) is 18.3 Å². The van der Waals surface area contributed by atoms with E-state index in [4.69, 9.17) is 4.74 Å². The predicted octanol–water partition coefficient (Wildman–Crippen LogP) is 7.19. The van der Waals surface area contributed by atoms with Crippen LogP contribution >= 0.6 is 0 Å². The van der Waals surface area contributed by atoms with Gasteiger partial charge in [-0.3, -0.25) is 10.00 Å². The first-order valence-electron chi connectivity index (χ1n) is 13.5. The number of carbonyl (C=O) groups is 1. The fraction of sp³-hybridized carbons (Fsp3) is 0.312. The van der Waals surface area contributed by atoms with E-state index in [-0.39, 0.29) is 12.1 Å². The fourth-order valence-corrected chi connectivity index (χ4v) is 3.82. The van der Waals surface area contributed by atoms with Crippen LogP contribution in [0.2, 0.25) is 0 Å². The SMILES string of the molecule is CCN(CC)Cc1c(F)cc(/C=C/c2n[nH]c3ccccc23)cc1F.CNc1ccc(OC)cc1.O=CC1CC1. The molecule has 0 atom stereocenters. The Morgan fingerprint density at radius 1 is 1.02 bits per heavy atom. The van der Waals surface area contributed by atoms with Crippen molar-refractivity contribution in [3.05, 3.63) is 89.1 Å². The molecule has 1 heterocycles. The van der Waals surface area contributed by atoms with E-state index in [1.54, 1.807) is 19.3 Å². The van der Waals surface area contributed by atoms with E-state index < -0.39 is 11.6 Å². The number of halogens is 2. The Morgan fingerprint density at radius 3 is 2.20 bits per heavy atom. The smallest absolute Gasteiger partial charge is 0.131 e. The Hall–Kier alpha value is -4.04. The molecule has 0 aliphatic heterocycles. The molecule has 6 nitrogen and oxygen atoms in total. The van der Waals surface area contributed by atoms with Crippen LogP contribution < -0.4 is 10.1 Å². The average molecular weight is 549 g/mol. The largest absolute Gasteiger partial charge is 0.497 e. The molecule has 1 aliphatic rings. The van der Waals surface area contributed by atoms with Gasteiger partial charge < -0.3 is 14.8 Å². The number of anilines is 1. The van der Waals surface area contributed by atoms with E-state index >= 15 is 0 Å². The predicted molar refractivity (Wildman–Crippen MR) is 159 cm³/mol. The normalized spacial score (nSPS) is 12.5. The maximum atomic E-state index is 14.3. The molecule has 40 heavy (non-hydrogen) atoms. The summed E-state index contributed by atoms with van der Waals surface area (Å²) in [4.78, 5) is 11.5. The fourth-order valence-electron chi connectivity index (χ4n) is 3.82. The quantitative estimate of drug-likeness (QED) is 0.217. The van der Waals surface area contributed by atoms with Gasteiger partial charge in [-0.1, -0.05) is 38.1 Å². The summed E-state index contributed by atoms with van der Waals surface area (Å²) in [6.07, 6.45) is 6.75. The molecule has 4 aromatic rings. The molecule has 0 amide bonds. The van der Waals surface area contributed by atoms with Crippen LogP contribution in [0.4, 0.5) is 14.5 Å². The van der Waals surface area contributed by atoms with Crippen molar-refractivity contribution in [2.45, 2.75) is 33.2 Å². The first-order chi connectivity index (χ1) is 19.4. The molecule has 8 heteroatoms. The zero-order chi connectivity index (χ0) is 28.9. The van der Waals surface area contributed by atoms with Gasteiger partial charge in [-0.2, -0.15) is 5.10 Å². The lowest BCUT2D eigenvalue weighted by Gasteiger charge is -2.19. The molecule has 0 saturated heterocycles. The van der Waals surface area contributed by atoms with Crippen LogP contribution in [0, 0.1) is 17.6 Å². The average Bonchev–Trinajstić information content (AvgIpc) is 3.75. The Bertz CT molecular complexity index is 1330. The number of hydrogen-bond donors (Lipinski definition) is 2. The third kappa shape index (κ3) is 9.02. The van der Waals surface area contributed by atoms with Crippen LogP contribution in [0.3, 0.4) is 0 Å². The standard InChI is InChI=1S/C20H21F2N3.C8H11NO.C4H6O/c1-3-25(4-2)13-16-17(21)11-14(12-18(16)22)9-10-20-15-7-5-6-8-19(15)23-24-20;1-9-7-3-5-8(10-2)6-4-7;5-3-4-1-2-4/h5-12H,3-4,13H2,1-2H3,(H,23,24);3-6,9H,1-2H3;3-4H,1-2H2/b10-9+;;. The highest BCUT2D eigenvalue weighted by Gasteiger charge is 2.19. The Balaban J connectivity index is 0.000000239. The number of aromatic nitrogens is 2. The first kappa shape index (κ1) is 30.5. The second-order valence-corrected chi connectivity index (χ2v) is 9.36. The summed E-state index contributed by atoms with van der Waals surface area (Å²) in [6, 6.07) is 18.3. The maximum Gasteiger partial charge on any atom is 0.131 e. The molecule has 3 aromatic carbocycles. The molecule has 1 fully saturated rings. The number of ether oxygens (including phenoxy) is 1. The minimum absolute atomic E-state index is 0.117. The number of aldehydes is 1. The molecular weight excluding hydrogens is 510 g/mol. The first-order valence-corrected chi connectivity index (χ1v) is 13.5. The molecule has 0 unspecified atom stereocenters. The molecule has 1 aliphatic carbocycles. The van der Waals surface area contributed by atoms with Gasteiger partial charge in [-0.25, -0.2) is 8.78 Å². The number of para-hydroxylation sites is 1. The second-order valence-electron chi connectivity index (χ2n) is 9.36. The van der Waals surface area contributed by atoms with Crippen LogP contribution in [0.25, 0.3) is 23.1 Å². The minimum Gasteiger partial charge on any atom is -0.497 e. The van der Waals surface area contributed by atoms with Crippen molar-refractivity contribution in [1.82, 2.24) is 15.1 Å². The number of rotatable bonds is 9. The van der Waals surface area contributed by atoms with Crippen molar-refractivity contribution in [3.63, 3.8) is 0 Å². The third-order valence-electron chi connectivity index (χ3n) is 6.57. The zero-order valence-corrected chi connectivity index (χ0v) is 23.6. The summed E-state index contributed by atoms with van der Waals surface area (Å²) in [5.41, 5.74) is 3.36. The van der Waals surface area contributed by atoms with Crippen LogP contribution in [0.5, 0.6) is 5.75 Å². The number of fused-ring (bicyclic) bond motifs is 1. The molecule has 0 bridgehead atoms. The number of nitrogens with zero attached hydrogens (tertiary/aromatic N) is 2. The third-order valence-corrected chi connectivity index (χ3v) is 6.57.